The predicted molar refractivity (Wildman–Crippen MR) is 129 cm³/mol. The predicted octanol–water partition coefficient (Wildman–Crippen LogP) is 5.27. The Bertz CT molecular complexity index is 443. The summed E-state index contributed by atoms with van der Waals surface area (Å²) in [6.07, 6.45) is 16.1. The molecule has 1 rings (SSSR count). The van der Waals surface area contributed by atoms with Crippen molar-refractivity contribution in [3.8, 4) is 0 Å². The van der Waals surface area contributed by atoms with E-state index in [1.165, 1.54) is 77.0 Å². The van der Waals surface area contributed by atoms with Gasteiger partial charge in [-0.2, -0.15) is 0 Å². The van der Waals surface area contributed by atoms with Crippen molar-refractivity contribution in [2.45, 2.75) is 135 Å². The lowest BCUT2D eigenvalue weighted by Crippen LogP contribution is -2.69. The van der Waals surface area contributed by atoms with Gasteiger partial charge < -0.3 is 24.2 Å². The van der Waals surface area contributed by atoms with E-state index < -0.39 is 12.4 Å². The minimum atomic E-state index is -0.560. The fourth-order valence-corrected chi connectivity index (χ4v) is 5.09. The third kappa shape index (κ3) is 9.29. The second-order valence-electron chi connectivity index (χ2n) is 10.5. The van der Waals surface area contributed by atoms with Crippen molar-refractivity contribution in [2.75, 3.05) is 27.8 Å². The van der Waals surface area contributed by atoms with Gasteiger partial charge in [-0.15, -0.1) is 0 Å². The number of nitrogens with zero attached hydrogens (tertiary/aromatic N) is 1. The van der Waals surface area contributed by atoms with Gasteiger partial charge in [0.1, 0.15) is 6.10 Å². The van der Waals surface area contributed by atoms with Gasteiger partial charge in [-0.05, 0) is 19.8 Å². The van der Waals surface area contributed by atoms with E-state index in [-0.39, 0.29) is 24.7 Å². The van der Waals surface area contributed by atoms with Gasteiger partial charge in [0.15, 0.2) is 6.04 Å². The number of aliphatic hydroxyl groups is 2. The van der Waals surface area contributed by atoms with E-state index in [0.29, 0.717) is 10.5 Å². The summed E-state index contributed by atoms with van der Waals surface area (Å²) in [5, 5.41) is 20.6. The Balaban J connectivity index is 2.30. The third-order valence-corrected chi connectivity index (χ3v) is 7.85. The third-order valence-electron chi connectivity index (χ3n) is 7.85. The van der Waals surface area contributed by atoms with E-state index in [4.69, 9.17) is 9.47 Å². The molecule has 0 radical (unpaired) electrons. The lowest BCUT2D eigenvalue weighted by molar-refractivity contribution is -0.949. The van der Waals surface area contributed by atoms with Crippen LogP contribution in [-0.2, 0) is 9.47 Å². The quantitative estimate of drug-likeness (QED) is 0.237. The lowest BCUT2D eigenvalue weighted by Gasteiger charge is -2.52. The lowest BCUT2D eigenvalue weighted by atomic mass is 9.86. The van der Waals surface area contributed by atoms with Gasteiger partial charge in [0.2, 0.25) is 6.29 Å². The summed E-state index contributed by atoms with van der Waals surface area (Å²) in [4.78, 5) is 0. The molecule has 1 saturated heterocycles. The molecule has 6 atom stereocenters. The van der Waals surface area contributed by atoms with Gasteiger partial charge in [-0.1, -0.05) is 84.5 Å². The Kier molecular flexibility index (Phi) is 14.5. The van der Waals surface area contributed by atoms with Crippen molar-refractivity contribution < 1.29 is 24.2 Å². The van der Waals surface area contributed by atoms with Crippen LogP contribution in [0.15, 0.2) is 0 Å². The highest BCUT2D eigenvalue weighted by molar-refractivity contribution is 4.88. The van der Waals surface area contributed by atoms with Crippen LogP contribution in [-0.4, -0.2) is 73.1 Å². The fourth-order valence-electron chi connectivity index (χ4n) is 5.09. The highest BCUT2D eigenvalue weighted by atomic mass is 16.7. The molecule has 186 valence electrons. The van der Waals surface area contributed by atoms with E-state index in [0.717, 1.165) is 6.42 Å². The van der Waals surface area contributed by atoms with Crippen LogP contribution in [0, 0.1) is 5.92 Å². The van der Waals surface area contributed by atoms with Crippen molar-refractivity contribution in [1.82, 2.24) is 0 Å². The molecule has 0 aromatic carbocycles. The van der Waals surface area contributed by atoms with Crippen LogP contribution in [0.2, 0.25) is 0 Å². The summed E-state index contributed by atoms with van der Waals surface area (Å²) in [6, 6.07) is 0.247. The summed E-state index contributed by atoms with van der Waals surface area (Å²) in [6.45, 7) is 6.42. The summed E-state index contributed by atoms with van der Waals surface area (Å²) < 4.78 is 12.3. The highest BCUT2D eigenvalue weighted by Gasteiger charge is 2.52. The van der Waals surface area contributed by atoms with E-state index in [1.54, 1.807) is 7.11 Å². The van der Waals surface area contributed by atoms with Crippen LogP contribution in [0.4, 0.5) is 0 Å². The first kappa shape index (κ1) is 28.8. The SMILES string of the molecule is CCCCCCCCCCCCCCC(C)[N+](C)(C)C1[C@H](OC)OC(CO)[C@@H](C)[C@@H]1O. The molecule has 31 heavy (non-hydrogen) atoms. The van der Waals surface area contributed by atoms with Crippen LogP contribution in [0.5, 0.6) is 0 Å². The molecule has 5 heteroatoms. The van der Waals surface area contributed by atoms with Gasteiger partial charge in [0, 0.05) is 13.0 Å². The number of quaternary nitrogens is 1. The van der Waals surface area contributed by atoms with E-state index in [1.807, 2.05) is 6.92 Å². The Morgan fingerprint density at radius 2 is 1.39 bits per heavy atom. The van der Waals surface area contributed by atoms with E-state index in [2.05, 4.69) is 27.9 Å². The zero-order chi connectivity index (χ0) is 23.3. The van der Waals surface area contributed by atoms with Gasteiger partial charge in [0.05, 0.1) is 32.8 Å². The summed E-state index contributed by atoms with van der Waals surface area (Å²) in [5.41, 5.74) is 0. The molecule has 1 aliphatic rings. The first-order chi connectivity index (χ1) is 14.8. The summed E-state index contributed by atoms with van der Waals surface area (Å²) >= 11 is 0. The largest absolute Gasteiger partial charge is 0.394 e. The van der Waals surface area contributed by atoms with Crippen molar-refractivity contribution in [1.29, 1.82) is 0 Å². The number of hydrogen-bond donors (Lipinski definition) is 2. The number of likely N-dealkylation sites (N-methyl/N-ethyl adjacent to an activating group) is 1. The molecule has 3 unspecified atom stereocenters. The molecule has 0 aliphatic carbocycles. The van der Waals surface area contributed by atoms with Gasteiger partial charge in [0.25, 0.3) is 0 Å². The van der Waals surface area contributed by atoms with Crippen LogP contribution < -0.4 is 0 Å². The zero-order valence-corrected chi connectivity index (χ0v) is 21.5. The maximum atomic E-state index is 11.0. The maximum Gasteiger partial charge on any atom is 0.213 e. The molecule has 0 bridgehead atoms. The highest BCUT2D eigenvalue weighted by Crippen LogP contribution is 2.34. The Labute approximate surface area is 193 Å². The second kappa shape index (κ2) is 15.6. The van der Waals surface area contributed by atoms with Crippen molar-refractivity contribution in [2.24, 2.45) is 5.92 Å². The first-order valence-electron chi connectivity index (χ1n) is 13.1. The van der Waals surface area contributed by atoms with E-state index >= 15 is 0 Å². The second-order valence-corrected chi connectivity index (χ2v) is 10.5. The molecule has 1 heterocycles. The molecule has 0 aromatic rings. The minimum Gasteiger partial charge on any atom is -0.394 e. The Hall–Kier alpha value is -0.200. The average Bonchev–Trinajstić information content (AvgIpc) is 2.75. The normalized spacial score (nSPS) is 28.1. The summed E-state index contributed by atoms with van der Waals surface area (Å²) in [5.74, 6) is -0.113. The van der Waals surface area contributed by atoms with E-state index in [9.17, 15) is 10.2 Å². The number of aliphatic hydroxyl groups excluding tert-OH is 2. The molecule has 1 fully saturated rings. The number of methoxy groups -OCH3 is 1. The summed E-state index contributed by atoms with van der Waals surface area (Å²) in [7, 11) is 5.99. The van der Waals surface area contributed by atoms with Crippen LogP contribution in [0.25, 0.3) is 0 Å². The Morgan fingerprint density at radius 3 is 1.84 bits per heavy atom. The van der Waals surface area contributed by atoms with Gasteiger partial charge >= 0.3 is 0 Å². The molecule has 0 spiro atoms. The van der Waals surface area contributed by atoms with Gasteiger partial charge in [-0.3, -0.25) is 0 Å². The fraction of sp³-hybridized carbons (Fsp3) is 1.00. The molecule has 0 saturated carbocycles. The molecule has 2 N–H and O–H groups in total. The van der Waals surface area contributed by atoms with Crippen molar-refractivity contribution in [3.05, 3.63) is 0 Å². The maximum absolute atomic E-state index is 11.0. The average molecular weight is 445 g/mol. The molecule has 1 aliphatic heterocycles. The monoisotopic (exact) mass is 444 g/mol. The van der Waals surface area contributed by atoms with Gasteiger partial charge in [-0.25, -0.2) is 0 Å². The number of unbranched alkanes of at least 4 members (excludes halogenated alkanes) is 11. The van der Waals surface area contributed by atoms with Crippen molar-refractivity contribution >= 4 is 0 Å². The van der Waals surface area contributed by atoms with Crippen molar-refractivity contribution in [3.63, 3.8) is 0 Å². The molecule has 0 amide bonds. The zero-order valence-electron chi connectivity index (χ0n) is 21.5. The number of ether oxygens (including phenoxy) is 2. The number of rotatable bonds is 17. The molecular formula is C26H54NO4+. The molecular weight excluding hydrogens is 390 g/mol. The number of hydrogen-bond acceptors (Lipinski definition) is 4. The van der Waals surface area contributed by atoms with Crippen LogP contribution >= 0.6 is 0 Å². The molecule has 0 aromatic heterocycles. The molecule has 5 nitrogen and oxygen atoms in total. The van der Waals surface area contributed by atoms with Crippen LogP contribution in [0.1, 0.15) is 104 Å². The first-order valence-corrected chi connectivity index (χ1v) is 13.1. The smallest absolute Gasteiger partial charge is 0.213 e. The van der Waals surface area contributed by atoms with Crippen LogP contribution in [0.3, 0.4) is 0 Å². The topological polar surface area (TPSA) is 58.9 Å². The standard InChI is InChI=1S/C26H54NO4/c1-7-8-9-10-11-12-13-14-15-16-17-18-19-21(2)27(4,5)24-25(29)22(3)23(20-28)31-26(24)30-6/h21-26,28-29H,7-20H2,1-6H3/q+1/t21?,22-,23?,24?,25+,26-/m1/s1. The Morgan fingerprint density at radius 1 is 0.903 bits per heavy atom. The minimum absolute atomic E-state index is 0.0906.